The molecule has 1 unspecified atom stereocenters. The van der Waals surface area contributed by atoms with Gasteiger partial charge in [0.05, 0.1) is 31.2 Å². The van der Waals surface area contributed by atoms with Crippen LogP contribution in [-0.4, -0.2) is 55.5 Å². The van der Waals surface area contributed by atoms with Gasteiger partial charge in [0.25, 0.3) is 0 Å². The SMILES string of the molecule is CC(C)Oc1cncc(N(C)CC2CNCCO2)n1. The fraction of sp³-hybridized carbons (Fsp3) is 0.692. The lowest BCUT2D eigenvalue weighted by atomic mass is 10.3. The summed E-state index contributed by atoms with van der Waals surface area (Å²) < 4.78 is 11.2. The first kappa shape index (κ1) is 14.0. The van der Waals surface area contributed by atoms with E-state index < -0.39 is 0 Å². The van der Waals surface area contributed by atoms with Crippen molar-refractivity contribution in [3.05, 3.63) is 12.4 Å². The first-order chi connectivity index (χ1) is 9.15. The molecule has 2 rings (SSSR count). The average molecular weight is 266 g/mol. The molecule has 0 saturated carbocycles. The summed E-state index contributed by atoms with van der Waals surface area (Å²) in [6, 6.07) is 0. The van der Waals surface area contributed by atoms with Crippen molar-refractivity contribution in [3.63, 3.8) is 0 Å². The van der Waals surface area contributed by atoms with Crippen LogP contribution >= 0.6 is 0 Å². The van der Waals surface area contributed by atoms with E-state index in [4.69, 9.17) is 9.47 Å². The summed E-state index contributed by atoms with van der Waals surface area (Å²) in [5.41, 5.74) is 0. The number of ether oxygens (including phenoxy) is 2. The van der Waals surface area contributed by atoms with Gasteiger partial charge in [-0.1, -0.05) is 0 Å². The summed E-state index contributed by atoms with van der Waals surface area (Å²) in [7, 11) is 1.99. The Labute approximate surface area is 114 Å². The molecule has 1 aromatic rings. The van der Waals surface area contributed by atoms with E-state index in [1.54, 1.807) is 12.4 Å². The smallest absolute Gasteiger partial charge is 0.234 e. The van der Waals surface area contributed by atoms with Crippen LogP contribution in [0.5, 0.6) is 5.88 Å². The second-order valence-electron chi connectivity index (χ2n) is 4.96. The number of nitrogens with one attached hydrogen (secondary N) is 1. The normalized spacial score (nSPS) is 19.5. The molecule has 106 valence electrons. The highest BCUT2D eigenvalue weighted by atomic mass is 16.5. The predicted octanol–water partition coefficient (Wildman–Crippen LogP) is 0.688. The Kier molecular flexibility index (Phi) is 4.93. The Morgan fingerprint density at radius 3 is 3.05 bits per heavy atom. The number of aromatic nitrogens is 2. The number of rotatable bonds is 5. The van der Waals surface area contributed by atoms with E-state index in [-0.39, 0.29) is 12.2 Å². The molecule has 2 heterocycles. The van der Waals surface area contributed by atoms with Gasteiger partial charge in [-0.05, 0) is 13.8 Å². The molecule has 6 nitrogen and oxygen atoms in total. The highest BCUT2D eigenvalue weighted by Gasteiger charge is 2.16. The van der Waals surface area contributed by atoms with Crippen LogP contribution in [0.1, 0.15) is 13.8 Å². The van der Waals surface area contributed by atoms with E-state index in [1.165, 1.54) is 0 Å². The maximum Gasteiger partial charge on any atom is 0.234 e. The molecule has 1 saturated heterocycles. The first-order valence-electron chi connectivity index (χ1n) is 6.67. The second kappa shape index (κ2) is 6.68. The number of hydrogen-bond acceptors (Lipinski definition) is 6. The molecule has 0 aliphatic carbocycles. The van der Waals surface area contributed by atoms with Crippen molar-refractivity contribution in [1.82, 2.24) is 15.3 Å². The lowest BCUT2D eigenvalue weighted by molar-refractivity contribution is 0.0339. The molecule has 0 aromatic carbocycles. The molecule has 1 aromatic heterocycles. The Bertz CT molecular complexity index is 394. The van der Waals surface area contributed by atoms with Gasteiger partial charge in [-0.2, -0.15) is 4.98 Å². The van der Waals surface area contributed by atoms with Gasteiger partial charge in [-0.15, -0.1) is 0 Å². The number of morpholine rings is 1. The third-order valence-corrected chi connectivity index (χ3v) is 2.83. The van der Waals surface area contributed by atoms with E-state index in [0.717, 1.165) is 32.1 Å². The van der Waals surface area contributed by atoms with Crippen molar-refractivity contribution < 1.29 is 9.47 Å². The summed E-state index contributed by atoms with van der Waals surface area (Å²) in [5.74, 6) is 1.36. The highest BCUT2D eigenvalue weighted by Crippen LogP contribution is 2.14. The molecule has 1 aliphatic rings. The summed E-state index contributed by atoms with van der Waals surface area (Å²) in [5, 5.41) is 3.32. The summed E-state index contributed by atoms with van der Waals surface area (Å²) in [6.07, 6.45) is 3.66. The molecule has 0 bridgehead atoms. The third-order valence-electron chi connectivity index (χ3n) is 2.83. The number of anilines is 1. The van der Waals surface area contributed by atoms with Crippen molar-refractivity contribution >= 4 is 5.82 Å². The Morgan fingerprint density at radius 2 is 2.37 bits per heavy atom. The minimum absolute atomic E-state index is 0.0979. The van der Waals surface area contributed by atoms with Gasteiger partial charge in [-0.3, -0.25) is 4.98 Å². The molecular formula is C13H22N4O2. The van der Waals surface area contributed by atoms with Gasteiger partial charge < -0.3 is 19.7 Å². The molecule has 0 amide bonds. The molecule has 0 radical (unpaired) electrons. The lowest BCUT2D eigenvalue weighted by Gasteiger charge is -2.28. The van der Waals surface area contributed by atoms with Gasteiger partial charge in [0.1, 0.15) is 0 Å². The summed E-state index contributed by atoms with van der Waals surface area (Å²) >= 11 is 0. The summed E-state index contributed by atoms with van der Waals surface area (Å²) in [4.78, 5) is 10.6. The van der Waals surface area contributed by atoms with Crippen molar-refractivity contribution in [2.24, 2.45) is 0 Å². The molecule has 1 N–H and O–H groups in total. The average Bonchev–Trinajstić information content (AvgIpc) is 2.39. The molecule has 0 spiro atoms. The van der Waals surface area contributed by atoms with Crippen molar-refractivity contribution in [3.8, 4) is 5.88 Å². The predicted molar refractivity (Wildman–Crippen MR) is 73.7 cm³/mol. The molecule has 19 heavy (non-hydrogen) atoms. The lowest BCUT2D eigenvalue weighted by Crippen LogP contribution is -2.44. The number of likely N-dealkylation sites (N-methyl/N-ethyl adjacent to an activating group) is 1. The van der Waals surface area contributed by atoms with Crippen molar-refractivity contribution in [2.45, 2.75) is 26.1 Å². The van der Waals surface area contributed by atoms with Gasteiger partial charge in [0.15, 0.2) is 5.82 Å². The number of hydrogen-bond donors (Lipinski definition) is 1. The maximum absolute atomic E-state index is 5.68. The van der Waals surface area contributed by atoms with E-state index in [1.807, 2.05) is 25.8 Å². The topological polar surface area (TPSA) is 59.5 Å². The van der Waals surface area contributed by atoms with Crippen LogP contribution in [0.3, 0.4) is 0 Å². The van der Waals surface area contributed by atoms with Crippen LogP contribution in [0.2, 0.25) is 0 Å². The van der Waals surface area contributed by atoms with Crippen LogP contribution in [-0.2, 0) is 4.74 Å². The standard InChI is InChI=1S/C13H22N4O2/c1-10(2)19-13-8-15-7-12(16-13)17(3)9-11-6-14-4-5-18-11/h7-8,10-11,14H,4-6,9H2,1-3H3. The largest absolute Gasteiger partial charge is 0.474 e. The quantitative estimate of drug-likeness (QED) is 0.846. The van der Waals surface area contributed by atoms with E-state index >= 15 is 0 Å². The molecule has 1 fully saturated rings. The van der Waals surface area contributed by atoms with Gasteiger partial charge in [0.2, 0.25) is 5.88 Å². The minimum Gasteiger partial charge on any atom is -0.474 e. The van der Waals surface area contributed by atoms with Crippen LogP contribution in [0.25, 0.3) is 0 Å². The van der Waals surface area contributed by atoms with Gasteiger partial charge in [-0.25, -0.2) is 0 Å². The minimum atomic E-state index is 0.0979. The zero-order valence-corrected chi connectivity index (χ0v) is 11.8. The molecule has 1 atom stereocenters. The van der Waals surface area contributed by atoms with Crippen LogP contribution < -0.4 is 15.0 Å². The van der Waals surface area contributed by atoms with Crippen molar-refractivity contribution in [1.29, 1.82) is 0 Å². The van der Waals surface area contributed by atoms with Gasteiger partial charge >= 0.3 is 0 Å². The van der Waals surface area contributed by atoms with Crippen LogP contribution in [0, 0.1) is 0 Å². The Balaban J connectivity index is 1.95. The Morgan fingerprint density at radius 1 is 1.53 bits per heavy atom. The van der Waals surface area contributed by atoms with Crippen LogP contribution in [0.4, 0.5) is 5.82 Å². The summed E-state index contributed by atoms with van der Waals surface area (Å²) in [6.45, 7) is 7.30. The van der Waals surface area contributed by atoms with Gasteiger partial charge in [0, 0.05) is 26.7 Å². The fourth-order valence-electron chi connectivity index (χ4n) is 1.96. The number of nitrogens with zero attached hydrogens (tertiary/aromatic N) is 3. The third kappa shape index (κ3) is 4.33. The molecule has 6 heteroatoms. The van der Waals surface area contributed by atoms with Crippen LogP contribution in [0.15, 0.2) is 12.4 Å². The maximum atomic E-state index is 5.68. The van der Waals surface area contributed by atoms with E-state index in [0.29, 0.717) is 5.88 Å². The van der Waals surface area contributed by atoms with E-state index in [2.05, 4.69) is 15.3 Å². The molecular weight excluding hydrogens is 244 g/mol. The molecule has 1 aliphatic heterocycles. The fourth-order valence-corrected chi connectivity index (χ4v) is 1.96. The van der Waals surface area contributed by atoms with E-state index in [9.17, 15) is 0 Å². The zero-order chi connectivity index (χ0) is 13.7. The highest BCUT2D eigenvalue weighted by molar-refractivity contribution is 5.36. The Hall–Kier alpha value is -1.40. The second-order valence-corrected chi connectivity index (χ2v) is 4.96. The van der Waals surface area contributed by atoms with Crippen molar-refractivity contribution in [2.75, 3.05) is 38.2 Å². The monoisotopic (exact) mass is 266 g/mol. The zero-order valence-electron chi connectivity index (χ0n) is 11.8. The first-order valence-corrected chi connectivity index (χ1v) is 6.67.